The number of aliphatic carboxylic acids is 1. The Labute approximate surface area is 125 Å². The molecule has 0 aliphatic carbocycles. The largest absolute Gasteiger partial charge is 0.481 e. The van der Waals surface area contributed by atoms with Crippen LogP contribution in [0, 0.1) is 5.41 Å². The van der Waals surface area contributed by atoms with E-state index in [9.17, 15) is 14.7 Å². The number of carboxylic acids is 1. The first-order valence-corrected chi connectivity index (χ1v) is 7.45. The number of amides is 2. The van der Waals surface area contributed by atoms with E-state index >= 15 is 0 Å². The third kappa shape index (κ3) is 3.13. The molecule has 120 valence electrons. The molecule has 2 heterocycles. The molecule has 0 radical (unpaired) electrons. The van der Waals surface area contributed by atoms with Gasteiger partial charge in [0, 0.05) is 25.7 Å². The second-order valence-electron chi connectivity index (χ2n) is 6.23. The molecule has 0 aromatic rings. The monoisotopic (exact) mass is 299 g/mol. The van der Waals surface area contributed by atoms with Crippen LogP contribution in [0.2, 0.25) is 0 Å². The van der Waals surface area contributed by atoms with Crippen LogP contribution in [0.15, 0.2) is 0 Å². The van der Waals surface area contributed by atoms with E-state index in [2.05, 4.69) is 24.2 Å². The average molecular weight is 299 g/mol. The van der Waals surface area contributed by atoms with E-state index in [-0.39, 0.29) is 19.2 Å². The van der Waals surface area contributed by atoms with Crippen molar-refractivity contribution in [3.63, 3.8) is 0 Å². The highest BCUT2D eigenvalue weighted by atomic mass is 16.5. The third-order valence-corrected chi connectivity index (χ3v) is 4.78. The highest BCUT2D eigenvalue weighted by Crippen LogP contribution is 2.29. The van der Waals surface area contributed by atoms with Gasteiger partial charge in [0.2, 0.25) is 0 Å². The van der Waals surface area contributed by atoms with Crippen molar-refractivity contribution in [1.29, 1.82) is 0 Å². The molecular weight excluding hydrogens is 274 g/mol. The minimum absolute atomic E-state index is 0.133. The van der Waals surface area contributed by atoms with Crippen molar-refractivity contribution < 1.29 is 19.4 Å². The molecule has 0 bridgehead atoms. The zero-order chi connectivity index (χ0) is 15.6. The van der Waals surface area contributed by atoms with Gasteiger partial charge in [-0.3, -0.25) is 9.69 Å². The number of hydrogen-bond donors (Lipinski definition) is 2. The van der Waals surface area contributed by atoms with Crippen LogP contribution >= 0.6 is 0 Å². The molecule has 2 rings (SSSR count). The first kappa shape index (κ1) is 16.0. The van der Waals surface area contributed by atoms with E-state index in [1.165, 1.54) is 0 Å². The number of nitrogens with zero attached hydrogens (tertiary/aromatic N) is 2. The predicted molar refractivity (Wildman–Crippen MR) is 77.2 cm³/mol. The van der Waals surface area contributed by atoms with E-state index in [1.807, 2.05) is 0 Å². The number of carboxylic acid groups (broad SMARTS) is 1. The lowest BCUT2D eigenvalue weighted by molar-refractivity contribution is -0.148. The number of rotatable bonds is 3. The highest BCUT2D eigenvalue weighted by Gasteiger charge is 2.47. The molecule has 21 heavy (non-hydrogen) atoms. The van der Waals surface area contributed by atoms with E-state index in [1.54, 1.807) is 11.8 Å². The Kier molecular flexibility index (Phi) is 4.73. The molecule has 2 N–H and O–H groups in total. The Balaban J connectivity index is 1.97. The number of carbonyl (C=O) groups excluding carboxylic acids is 1. The minimum atomic E-state index is -1.05. The molecule has 7 heteroatoms. The van der Waals surface area contributed by atoms with Crippen molar-refractivity contribution >= 4 is 12.0 Å². The summed E-state index contributed by atoms with van der Waals surface area (Å²) < 4.78 is 5.26. The predicted octanol–water partition coefficient (Wildman–Crippen LogP) is 0.212. The lowest BCUT2D eigenvalue weighted by Gasteiger charge is -2.39. The number of nitrogens with one attached hydrogen (secondary N) is 1. The summed E-state index contributed by atoms with van der Waals surface area (Å²) in [5, 5.41) is 12.2. The first-order valence-electron chi connectivity index (χ1n) is 7.45. The topological polar surface area (TPSA) is 82.1 Å². The van der Waals surface area contributed by atoms with Crippen molar-refractivity contribution in [3.05, 3.63) is 0 Å². The van der Waals surface area contributed by atoms with Gasteiger partial charge in [-0.1, -0.05) is 6.92 Å². The van der Waals surface area contributed by atoms with E-state index in [4.69, 9.17) is 4.74 Å². The summed E-state index contributed by atoms with van der Waals surface area (Å²) in [6, 6.07) is -0.318. The fourth-order valence-electron chi connectivity index (χ4n) is 2.90. The fraction of sp³-hybridized carbons (Fsp3) is 0.857. The molecule has 3 unspecified atom stereocenters. The van der Waals surface area contributed by atoms with Gasteiger partial charge in [0.05, 0.1) is 19.3 Å². The van der Waals surface area contributed by atoms with Gasteiger partial charge in [0.1, 0.15) is 5.41 Å². The van der Waals surface area contributed by atoms with Crippen LogP contribution < -0.4 is 5.32 Å². The molecule has 2 amide bonds. The van der Waals surface area contributed by atoms with Gasteiger partial charge < -0.3 is 20.1 Å². The van der Waals surface area contributed by atoms with Crippen LogP contribution in [-0.2, 0) is 9.53 Å². The highest BCUT2D eigenvalue weighted by molar-refractivity contribution is 5.79. The summed E-state index contributed by atoms with van der Waals surface area (Å²) in [6.45, 7) is 6.28. The Bertz CT molecular complexity index is 417. The maximum atomic E-state index is 12.4. The zero-order valence-corrected chi connectivity index (χ0v) is 13.0. The molecule has 7 nitrogen and oxygen atoms in total. The Morgan fingerprint density at radius 2 is 2.14 bits per heavy atom. The first-order chi connectivity index (χ1) is 9.88. The van der Waals surface area contributed by atoms with Gasteiger partial charge in [-0.2, -0.15) is 0 Å². The van der Waals surface area contributed by atoms with Gasteiger partial charge in [-0.05, 0) is 20.4 Å². The lowest BCUT2D eigenvalue weighted by atomic mass is 9.85. The van der Waals surface area contributed by atoms with Crippen LogP contribution in [0.3, 0.4) is 0 Å². The number of ether oxygens (including phenoxy) is 1. The van der Waals surface area contributed by atoms with E-state index in [0.29, 0.717) is 19.1 Å². The number of likely N-dealkylation sites (N-methyl/N-ethyl adjacent to an activating group) is 1. The second kappa shape index (κ2) is 6.19. The zero-order valence-electron chi connectivity index (χ0n) is 13.0. The standard InChI is InChI=1S/C14H25N3O4/c1-4-10-7-17(6-5-16(10)3)13(20)15-11-8-21-9-14(11,2)12(18)19/h10-11H,4-9H2,1-3H3,(H,15,20)(H,18,19). The van der Waals surface area contributed by atoms with E-state index < -0.39 is 17.4 Å². The summed E-state index contributed by atoms with van der Waals surface area (Å²) in [7, 11) is 2.07. The second-order valence-corrected chi connectivity index (χ2v) is 6.23. The molecule has 2 aliphatic heterocycles. The molecule has 0 saturated carbocycles. The summed E-state index contributed by atoms with van der Waals surface area (Å²) >= 11 is 0. The Morgan fingerprint density at radius 1 is 1.43 bits per heavy atom. The molecular formula is C14H25N3O4. The molecule has 2 aliphatic rings. The van der Waals surface area contributed by atoms with Gasteiger partial charge in [0.15, 0.2) is 0 Å². The number of carbonyl (C=O) groups is 2. The van der Waals surface area contributed by atoms with Crippen molar-refractivity contribution in [2.75, 3.05) is 39.9 Å². The smallest absolute Gasteiger partial charge is 0.317 e. The van der Waals surface area contributed by atoms with Crippen molar-refractivity contribution in [3.8, 4) is 0 Å². The van der Waals surface area contributed by atoms with Crippen LogP contribution in [-0.4, -0.2) is 78.9 Å². The quantitative estimate of drug-likeness (QED) is 0.778. The van der Waals surface area contributed by atoms with Crippen molar-refractivity contribution in [1.82, 2.24) is 15.1 Å². The summed E-state index contributed by atoms with van der Waals surface area (Å²) in [5.41, 5.74) is -1.05. The van der Waals surface area contributed by atoms with Gasteiger partial charge in [-0.15, -0.1) is 0 Å². The molecule has 0 spiro atoms. The molecule has 0 aromatic carbocycles. The number of piperazine rings is 1. The van der Waals surface area contributed by atoms with Crippen molar-refractivity contribution in [2.24, 2.45) is 5.41 Å². The SMILES string of the molecule is CCC1CN(C(=O)NC2COCC2(C)C(=O)O)CCN1C. The van der Waals surface area contributed by atoms with E-state index in [0.717, 1.165) is 13.0 Å². The van der Waals surface area contributed by atoms with Crippen LogP contribution in [0.25, 0.3) is 0 Å². The maximum Gasteiger partial charge on any atom is 0.317 e. The minimum Gasteiger partial charge on any atom is -0.481 e. The molecule has 0 aromatic heterocycles. The average Bonchev–Trinajstić information content (AvgIpc) is 2.82. The molecule has 2 fully saturated rings. The fourth-order valence-corrected chi connectivity index (χ4v) is 2.90. The Hall–Kier alpha value is -1.34. The Morgan fingerprint density at radius 3 is 2.76 bits per heavy atom. The lowest BCUT2D eigenvalue weighted by Crippen LogP contribution is -2.59. The third-order valence-electron chi connectivity index (χ3n) is 4.78. The summed E-state index contributed by atoms with van der Waals surface area (Å²) in [4.78, 5) is 27.8. The molecule has 2 saturated heterocycles. The van der Waals surface area contributed by atoms with Gasteiger partial charge >= 0.3 is 12.0 Å². The van der Waals surface area contributed by atoms with Gasteiger partial charge in [-0.25, -0.2) is 4.79 Å². The maximum absolute atomic E-state index is 12.4. The van der Waals surface area contributed by atoms with Crippen LogP contribution in [0.1, 0.15) is 20.3 Å². The van der Waals surface area contributed by atoms with Crippen LogP contribution in [0.5, 0.6) is 0 Å². The normalized spacial score (nSPS) is 34.0. The summed E-state index contributed by atoms with van der Waals surface area (Å²) in [5.74, 6) is -0.935. The van der Waals surface area contributed by atoms with Crippen molar-refractivity contribution in [2.45, 2.75) is 32.4 Å². The summed E-state index contributed by atoms with van der Waals surface area (Å²) in [6.07, 6.45) is 0.986. The number of hydrogen-bond acceptors (Lipinski definition) is 4. The van der Waals surface area contributed by atoms with Gasteiger partial charge in [0.25, 0.3) is 0 Å². The number of urea groups is 1. The molecule has 3 atom stereocenters. The van der Waals surface area contributed by atoms with Crippen LogP contribution in [0.4, 0.5) is 4.79 Å².